The molecule has 0 saturated heterocycles. The maximum Gasteiger partial charge on any atom is 0.508 e. The van der Waals surface area contributed by atoms with Crippen LogP contribution in [0.15, 0.2) is 48.6 Å². The van der Waals surface area contributed by atoms with E-state index in [-0.39, 0.29) is 57.1 Å². The average molecular weight is 1010 g/mol. The molecule has 0 heterocycles. The lowest BCUT2D eigenvalue weighted by atomic mass is 10.0. The molecular weight excluding hydrogens is 903 g/mol. The van der Waals surface area contributed by atoms with Crippen molar-refractivity contribution in [2.75, 3.05) is 40.5 Å². The zero-order valence-electron chi connectivity index (χ0n) is 47.3. The summed E-state index contributed by atoms with van der Waals surface area (Å²) in [5.74, 6) is -1.17. The normalized spacial score (nSPS) is 12.3. The van der Waals surface area contributed by atoms with Gasteiger partial charge in [0.25, 0.3) is 0 Å². The Kier molecular flexibility index (Phi) is 52.7. The fourth-order valence-electron chi connectivity index (χ4n) is 8.34. The van der Waals surface area contributed by atoms with Crippen LogP contribution in [0.3, 0.4) is 0 Å². The average Bonchev–Trinajstić information content (AvgIpc) is 3.36. The SMILES string of the molecule is CCCCC/C=C\C/C=C\CCCCCCCC(=O)OCC(COC(=O)CCCCCCC/C=C\C/C=C\CCCCC)OC(=O)CCCC(CCCCCCCCCCCC)OC(=O)OCCCN(C)C. The lowest BCUT2D eigenvalue weighted by Gasteiger charge is -2.20. The molecule has 0 bridgehead atoms. The number of rotatable bonds is 53. The molecule has 1 unspecified atom stereocenters. The van der Waals surface area contributed by atoms with Crippen molar-refractivity contribution in [3.8, 4) is 0 Å². The molecule has 1 atom stereocenters. The quantitative estimate of drug-likeness (QED) is 0.0252. The summed E-state index contributed by atoms with van der Waals surface area (Å²) in [5, 5.41) is 0. The lowest BCUT2D eigenvalue weighted by molar-refractivity contribution is -0.167. The molecule has 418 valence electrons. The molecule has 0 saturated carbocycles. The molecule has 0 radical (unpaired) electrons. The minimum Gasteiger partial charge on any atom is -0.462 e. The Balaban J connectivity index is 5.02. The van der Waals surface area contributed by atoms with Crippen LogP contribution in [0, 0.1) is 0 Å². The summed E-state index contributed by atoms with van der Waals surface area (Å²) in [7, 11) is 3.96. The molecule has 0 aromatic heterocycles. The molecule has 0 aromatic rings. The molecule has 0 rings (SSSR count). The molecule has 0 aliphatic carbocycles. The van der Waals surface area contributed by atoms with Gasteiger partial charge in [-0.2, -0.15) is 0 Å². The first-order valence-electron chi connectivity index (χ1n) is 29.8. The van der Waals surface area contributed by atoms with E-state index >= 15 is 0 Å². The van der Waals surface area contributed by atoms with E-state index in [1.54, 1.807) is 0 Å². The van der Waals surface area contributed by atoms with Crippen molar-refractivity contribution >= 4 is 24.1 Å². The Labute approximate surface area is 442 Å². The van der Waals surface area contributed by atoms with Gasteiger partial charge in [0.1, 0.15) is 19.3 Å². The molecule has 0 amide bonds. The summed E-state index contributed by atoms with van der Waals surface area (Å²) in [6.07, 6.45) is 55.5. The van der Waals surface area contributed by atoms with Crippen LogP contribution >= 0.6 is 0 Å². The highest BCUT2D eigenvalue weighted by Crippen LogP contribution is 2.18. The van der Waals surface area contributed by atoms with Crippen molar-refractivity contribution in [3.05, 3.63) is 48.6 Å². The van der Waals surface area contributed by atoms with E-state index in [9.17, 15) is 19.2 Å². The van der Waals surface area contributed by atoms with Crippen molar-refractivity contribution in [1.29, 1.82) is 0 Å². The van der Waals surface area contributed by atoms with Crippen LogP contribution in [0.4, 0.5) is 4.79 Å². The van der Waals surface area contributed by atoms with Gasteiger partial charge in [0.2, 0.25) is 0 Å². The molecule has 10 heteroatoms. The first-order valence-corrected chi connectivity index (χ1v) is 29.8. The van der Waals surface area contributed by atoms with E-state index in [0.29, 0.717) is 19.3 Å². The highest BCUT2D eigenvalue weighted by molar-refractivity contribution is 5.71. The fraction of sp³-hybridized carbons (Fsp3) is 0.806. The van der Waals surface area contributed by atoms with Crippen LogP contribution in [0.1, 0.15) is 271 Å². The second-order valence-electron chi connectivity index (χ2n) is 20.3. The summed E-state index contributed by atoms with van der Waals surface area (Å²) in [4.78, 5) is 53.5. The number of unbranched alkanes of at least 4 members (excludes halogenated alkanes) is 25. The maximum absolute atomic E-state index is 13.2. The van der Waals surface area contributed by atoms with Crippen LogP contribution in [0.2, 0.25) is 0 Å². The summed E-state index contributed by atoms with van der Waals surface area (Å²) in [6, 6.07) is 0. The Morgan fingerprint density at radius 3 is 1.21 bits per heavy atom. The smallest absolute Gasteiger partial charge is 0.462 e. The number of nitrogens with zero attached hydrogens (tertiary/aromatic N) is 1. The van der Waals surface area contributed by atoms with Gasteiger partial charge < -0.3 is 28.6 Å². The third kappa shape index (κ3) is 52.9. The van der Waals surface area contributed by atoms with Crippen molar-refractivity contribution in [1.82, 2.24) is 4.90 Å². The van der Waals surface area contributed by atoms with Gasteiger partial charge in [-0.1, -0.05) is 191 Å². The van der Waals surface area contributed by atoms with Crippen LogP contribution in [-0.4, -0.2) is 81.6 Å². The lowest BCUT2D eigenvalue weighted by Crippen LogP contribution is -2.31. The Hall–Kier alpha value is -3.40. The number of esters is 3. The number of hydrogen-bond donors (Lipinski definition) is 0. The Bertz CT molecular complexity index is 1300. The maximum atomic E-state index is 13.2. The van der Waals surface area contributed by atoms with Gasteiger partial charge in [-0.3, -0.25) is 14.4 Å². The highest BCUT2D eigenvalue weighted by Gasteiger charge is 2.21. The topological polar surface area (TPSA) is 118 Å². The summed E-state index contributed by atoms with van der Waals surface area (Å²) in [6.45, 7) is 7.45. The van der Waals surface area contributed by atoms with Crippen LogP contribution in [0.25, 0.3) is 0 Å². The van der Waals surface area contributed by atoms with Crippen LogP contribution in [-0.2, 0) is 38.1 Å². The van der Waals surface area contributed by atoms with Gasteiger partial charge in [0.15, 0.2) is 6.10 Å². The van der Waals surface area contributed by atoms with Crippen molar-refractivity contribution in [2.24, 2.45) is 0 Å². The van der Waals surface area contributed by atoms with Gasteiger partial charge in [-0.15, -0.1) is 0 Å². The van der Waals surface area contributed by atoms with Gasteiger partial charge in [-0.05, 0) is 123 Å². The molecule has 0 fully saturated rings. The predicted molar refractivity (Wildman–Crippen MR) is 300 cm³/mol. The second-order valence-corrected chi connectivity index (χ2v) is 20.3. The molecule has 0 aliphatic rings. The first kappa shape index (κ1) is 68.6. The van der Waals surface area contributed by atoms with Gasteiger partial charge in [0, 0.05) is 25.8 Å². The number of carbonyl (C=O) groups excluding carboxylic acids is 4. The van der Waals surface area contributed by atoms with E-state index in [2.05, 4.69) is 69.4 Å². The molecule has 10 nitrogen and oxygen atoms in total. The largest absolute Gasteiger partial charge is 0.508 e. The van der Waals surface area contributed by atoms with E-state index < -0.39 is 18.2 Å². The fourth-order valence-corrected chi connectivity index (χ4v) is 8.34. The number of hydrogen-bond acceptors (Lipinski definition) is 10. The molecular formula is C62H111NO9. The van der Waals surface area contributed by atoms with Crippen LogP contribution in [0.5, 0.6) is 0 Å². The molecule has 0 aromatic carbocycles. The highest BCUT2D eigenvalue weighted by atomic mass is 16.7. The summed E-state index contributed by atoms with van der Waals surface area (Å²) < 4.78 is 28.1. The molecule has 72 heavy (non-hydrogen) atoms. The Morgan fingerprint density at radius 2 is 0.750 bits per heavy atom. The van der Waals surface area contributed by atoms with Crippen molar-refractivity contribution in [3.63, 3.8) is 0 Å². The number of carbonyl (C=O) groups is 4. The van der Waals surface area contributed by atoms with Gasteiger partial charge in [-0.25, -0.2) is 4.79 Å². The molecule has 0 N–H and O–H groups in total. The first-order chi connectivity index (χ1) is 35.2. The number of allylic oxidation sites excluding steroid dienone is 8. The van der Waals surface area contributed by atoms with E-state index in [1.807, 2.05) is 19.0 Å². The summed E-state index contributed by atoms with van der Waals surface area (Å²) in [5.41, 5.74) is 0. The second kappa shape index (κ2) is 55.4. The number of ether oxygens (including phenoxy) is 5. The standard InChI is InChI=1S/C62H111NO9/c1-6-9-12-15-18-21-24-26-28-30-32-35-38-41-44-50-59(64)69-55-58(56-70-60(65)51-45-42-39-36-33-31-29-27-25-22-19-16-13-10-7-2)71-61(66)52-46-49-57(72-62(67)68-54-47-53-63(4)5)48-43-40-37-34-23-20-17-14-11-8-3/h18-19,21-22,26-29,57-58H,6-17,20,23-25,30-56H2,1-5H3/b21-18-,22-19-,28-26-,29-27-. The molecule has 0 spiro atoms. The summed E-state index contributed by atoms with van der Waals surface area (Å²) >= 11 is 0. The monoisotopic (exact) mass is 1010 g/mol. The van der Waals surface area contributed by atoms with Crippen molar-refractivity contribution < 1.29 is 42.9 Å². The van der Waals surface area contributed by atoms with Gasteiger partial charge in [0.05, 0.1) is 6.61 Å². The van der Waals surface area contributed by atoms with E-state index in [0.717, 1.165) is 122 Å². The van der Waals surface area contributed by atoms with E-state index in [1.165, 1.54) is 96.3 Å². The zero-order valence-corrected chi connectivity index (χ0v) is 47.3. The minimum atomic E-state index is -0.907. The third-order valence-electron chi connectivity index (χ3n) is 12.8. The van der Waals surface area contributed by atoms with Gasteiger partial charge >= 0.3 is 24.1 Å². The zero-order chi connectivity index (χ0) is 52.6. The van der Waals surface area contributed by atoms with Crippen LogP contribution < -0.4 is 0 Å². The predicted octanol–water partition coefficient (Wildman–Crippen LogP) is 17.6. The van der Waals surface area contributed by atoms with Crippen molar-refractivity contribution in [2.45, 2.75) is 283 Å². The molecule has 0 aliphatic heterocycles. The van der Waals surface area contributed by atoms with E-state index in [4.69, 9.17) is 23.7 Å². The Morgan fingerprint density at radius 1 is 0.375 bits per heavy atom. The third-order valence-corrected chi connectivity index (χ3v) is 12.8. The minimum absolute atomic E-state index is 0.0894.